The molecule has 0 unspecified atom stereocenters. The van der Waals surface area contributed by atoms with Crippen molar-refractivity contribution in [3.8, 4) is 11.5 Å². The molecule has 0 bridgehead atoms. The summed E-state index contributed by atoms with van der Waals surface area (Å²) in [7, 11) is 3.14. The first kappa shape index (κ1) is 25.8. The van der Waals surface area contributed by atoms with Crippen LogP contribution < -0.4 is 19.7 Å². The lowest BCUT2D eigenvalue weighted by atomic mass is 9.94. The number of nitrogens with zero attached hydrogens (tertiary/aromatic N) is 1. The van der Waals surface area contributed by atoms with E-state index < -0.39 is 6.04 Å². The normalized spacial score (nSPS) is 14.6. The van der Waals surface area contributed by atoms with Crippen LogP contribution in [0.5, 0.6) is 11.5 Å². The van der Waals surface area contributed by atoms with E-state index in [0.717, 1.165) is 41.7 Å². The van der Waals surface area contributed by atoms with E-state index >= 15 is 0 Å². The van der Waals surface area contributed by atoms with E-state index in [9.17, 15) is 9.59 Å². The van der Waals surface area contributed by atoms with Gasteiger partial charge in [-0.15, -0.1) is 11.3 Å². The highest BCUT2D eigenvalue weighted by atomic mass is 32.1. The maximum absolute atomic E-state index is 13.9. The van der Waals surface area contributed by atoms with Gasteiger partial charge in [-0.05, 0) is 48.9 Å². The molecule has 1 aliphatic carbocycles. The second-order valence-corrected chi connectivity index (χ2v) is 10.2. The third-order valence-electron chi connectivity index (χ3n) is 6.67. The Morgan fingerprint density at radius 1 is 1.00 bits per heavy atom. The third kappa shape index (κ3) is 6.08. The maximum atomic E-state index is 13.9. The van der Waals surface area contributed by atoms with Crippen molar-refractivity contribution < 1.29 is 19.1 Å². The number of carbonyl (C=O) groups excluding carboxylic acids is 2. The van der Waals surface area contributed by atoms with Gasteiger partial charge in [-0.3, -0.25) is 14.5 Å². The number of benzene rings is 2. The highest BCUT2D eigenvalue weighted by Crippen LogP contribution is 2.36. The molecule has 0 spiro atoms. The number of thiophene rings is 1. The van der Waals surface area contributed by atoms with Crippen molar-refractivity contribution in [1.82, 2.24) is 5.32 Å². The van der Waals surface area contributed by atoms with Gasteiger partial charge >= 0.3 is 0 Å². The Morgan fingerprint density at radius 3 is 2.36 bits per heavy atom. The molecule has 1 saturated carbocycles. The van der Waals surface area contributed by atoms with Gasteiger partial charge in [0.25, 0.3) is 0 Å². The molecule has 2 amide bonds. The zero-order chi connectivity index (χ0) is 25.5. The minimum Gasteiger partial charge on any atom is -0.493 e. The predicted octanol–water partition coefficient (Wildman–Crippen LogP) is 5.84. The molecular weight excluding hydrogens is 472 g/mol. The Kier molecular flexibility index (Phi) is 8.65. The first-order chi connectivity index (χ1) is 17.5. The lowest BCUT2D eigenvalue weighted by Gasteiger charge is -2.34. The van der Waals surface area contributed by atoms with Crippen LogP contribution in [0.4, 0.5) is 5.69 Å². The summed E-state index contributed by atoms with van der Waals surface area (Å²) in [6.07, 6.45) is 5.54. The van der Waals surface area contributed by atoms with E-state index in [2.05, 4.69) is 5.32 Å². The zero-order valence-corrected chi connectivity index (χ0v) is 22.0. The predicted molar refractivity (Wildman–Crippen MR) is 144 cm³/mol. The number of hydrogen-bond acceptors (Lipinski definition) is 5. The summed E-state index contributed by atoms with van der Waals surface area (Å²) in [5.74, 6) is 0.735. The van der Waals surface area contributed by atoms with E-state index in [-0.39, 0.29) is 24.3 Å². The number of nitrogens with one attached hydrogen (secondary N) is 1. The first-order valence-electron chi connectivity index (χ1n) is 12.4. The van der Waals surface area contributed by atoms with Crippen molar-refractivity contribution in [2.45, 2.75) is 57.5 Å². The van der Waals surface area contributed by atoms with Crippen LogP contribution in [0.2, 0.25) is 0 Å². The van der Waals surface area contributed by atoms with Gasteiger partial charge < -0.3 is 14.8 Å². The summed E-state index contributed by atoms with van der Waals surface area (Å²) in [4.78, 5) is 30.4. The molecule has 1 heterocycles. The Hall–Kier alpha value is -3.32. The summed E-state index contributed by atoms with van der Waals surface area (Å²) < 4.78 is 11.0. The minimum atomic E-state index is -0.821. The largest absolute Gasteiger partial charge is 0.493 e. The van der Waals surface area contributed by atoms with Gasteiger partial charge in [-0.1, -0.05) is 55.2 Å². The van der Waals surface area contributed by atoms with Crippen LogP contribution in [-0.2, 0) is 16.0 Å². The van der Waals surface area contributed by atoms with E-state index in [1.807, 2.05) is 54.8 Å². The molecule has 2 aromatic carbocycles. The van der Waals surface area contributed by atoms with Gasteiger partial charge in [0.1, 0.15) is 6.04 Å². The molecule has 36 heavy (non-hydrogen) atoms. The molecule has 0 radical (unpaired) electrons. The molecule has 1 aromatic heterocycles. The first-order valence-corrected chi connectivity index (χ1v) is 13.3. The number of amides is 2. The topological polar surface area (TPSA) is 67.9 Å². The number of carbonyl (C=O) groups is 2. The third-order valence-corrected chi connectivity index (χ3v) is 7.55. The summed E-state index contributed by atoms with van der Waals surface area (Å²) in [6, 6.07) is 16.4. The number of ether oxygens (including phenoxy) is 2. The smallest absolute Gasteiger partial charge is 0.248 e. The molecule has 1 atom stereocenters. The fraction of sp³-hybridized carbons (Fsp3) is 0.379. The van der Waals surface area contributed by atoms with E-state index in [1.165, 1.54) is 17.8 Å². The molecular formula is C29H34N2O4S. The second-order valence-electron chi connectivity index (χ2n) is 9.22. The SMILES string of the molecule is COc1ccc(N(C(=O)Cc2cccs2)[C@H](C(=O)NC2CCCCC2)c2ccc(C)cc2)cc1OC. The van der Waals surface area contributed by atoms with Crippen LogP contribution in [-0.4, -0.2) is 32.1 Å². The Labute approximate surface area is 217 Å². The molecule has 1 N–H and O–H groups in total. The molecule has 0 saturated heterocycles. The Bertz CT molecular complexity index is 1150. The van der Waals surface area contributed by atoms with Crippen molar-refractivity contribution in [3.63, 3.8) is 0 Å². The van der Waals surface area contributed by atoms with E-state index in [4.69, 9.17) is 9.47 Å². The van der Waals surface area contributed by atoms with Crippen LogP contribution in [0, 0.1) is 6.92 Å². The van der Waals surface area contributed by atoms with Gasteiger partial charge in [0.15, 0.2) is 11.5 Å². The quantitative estimate of drug-likeness (QED) is 0.396. The van der Waals surface area contributed by atoms with Crippen molar-refractivity contribution in [2.75, 3.05) is 19.1 Å². The van der Waals surface area contributed by atoms with Crippen LogP contribution in [0.15, 0.2) is 60.0 Å². The molecule has 0 aliphatic heterocycles. The second kappa shape index (κ2) is 12.1. The van der Waals surface area contributed by atoms with Crippen molar-refractivity contribution in [2.24, 2.45) is 0 Å². The fourth-order valence-corrected chi connectivity index (χ4v) is 5.45. The standard InChI is InChI=1S/C29H34N2O4S/c1-20-11-13-21(14-12-20)28(29(33)30-22-8-5-4-6-9-22)31(27(32)19-24-10-7-17-36-24)23-15-16-25(34-2)26(18-23)35-3/h7,10-18,22,28H,4-6,8-9,19H2,1-3H3,(H,30,33)/t28-/m0/s1. The van der Waals surface area contributed by atoms with Crippen LogP contribution in [0.3, 0.4) is 0 Å². The lowest BCUT2D eigenvalue weighted by Crippen LogP contribution is -2.47. The van der Waals surface area contributed by atoms with Gasteiger partial charge in [0, 0.05) is 22.7 Å². The van der Waals surface area contributed by atoms with Crippen molar-refractivity contribution in [1.29, 1.82) is 0 Å². The molecule has 190 valence electrons. The summed E-state index contributed by atoms with van der Waals surface area (Å²) in [5, 5.41) is 5.22. The molecule has 6 nitrogen and oxygen atoms in total. The van der Waals surface area contributed by atoms with Crippen LogP contribution in [0.1, 0.15) is 54.1 Å². The number of hydrogen-bond donors (Lipinski definition) is 1. The number of anilines is 1. The summed E-state index contributed by atoms with van der Waals surface area (Å²) in [5.41, 5.74) is 2.44. The van der Waals surface area contributed by atoms with Gasteiger partial charge in [0.2, 0.25) is 11.8 Å². The molecule has 7 heteroatoms. The van der Waals surface area contributed by atoms with Crippen LogP contribution in [0.25, 0.3) is 0 Å². The van der Waals surface area contributed by atoms with E-state index in [1.54, 1.807) is 31.3 Å². The van der Waals surface area contributed by atoms with Gasteiger partial charge in [0.05, 0.1) is 20.6 Å². The van der Waals surface area contributed by atoms with E-state index in [0.29, 0.717) is 17.2 Å². The molecule has 4 rings (SSSR count). The fourth-order valence-electron chi connectivity index (χ4n) is 4.75. The minimum absolute atomic E-state index is 0.124. The molecule has 1 fully saturated rings. The summed E-state index contributed by atoms with van der Waals surface area (Å²) in [6.45, 7) is 2.01. The molecule has 1 aliphatic rings. The van der Waals surface area contributed by atoms with Gasteiger partial charge in [-0.25, -0.2) is 0 Å². The Balaban J connectivity index is 1.78. The average molecular weight is 507 g/mol. The van der Waals surface area contributed by atoms with Crippen molar-refractivity contribution >= 4 is 28.8 Å². The summed E-state index contributed by atoms with van der Waals surface area (Å²) >= 11 is 1.53. The maximum Gasteiger partial charge on any atom is 0.248 e. The van der Waals surface area contributed by atoms with Crippen LogP contribution >= 0.6 is 11.3 Å². The monoisotopic (exact) mass is 506 g/mol. The number of aryl methyl sites for hydroxylation is 1. The number of methoxy groups -OCH3 is 2. The highest BCUT2D eigenvalue weighted by molar-refractivity contribution is 7.10. The average Bonchev–Trinajstić information content (AvgIpc) is 3.41. The molecule has 3 aromatic rings. The highest BCUT2D eigenvalue weighted by Gasteiger charge is 2.34. The zero-order valence-electron chi connectivity index (χ0n) is 21.2. The lowest BCUT2D eigenvalue weighted by molar-refractivity contribution is -0.127. The Morgan fingerprint density at radius 2 is 1.72 bits per heavy atom. The number of rotatable bonds is 9. The van der Waals surface area contributed by atoms with Crippen molar-refractivity contribution in [3.05, 3.63) is 76.0 Å². The van der Waals surface area contributed by atoms with Gasteiger partial charge in [-0.2, -0.15) is 0 Å².